The molecule has 0 radical (unpaired) electrons. The molecule has 1 rings (SSSR count). The number of carbonyl (C=O) groups excluding carboxylic acids is 1. The topological polar surface area (TPSA) is 83.6 Å². The van der Waals surface area contributed by atoms with Gasteiger partial charge in [0.25, 0.3) is 0 Å². The van der Waals surface area contributed by atoms with Gasteiger partial charge in [0.2, 0.25) is 5.91 Å². The fourth-order valence-electron chi connectivity index (χ4n) is 2.10. The summed E-state index contributed by atoms with van der Waals surface area (Å²) >= 11 is 0. The Kier molecular flexibility index (Phi) is 4.73. The summed E-state index contributed by atoms with van der Waals surface area (Å²) in [4.78, 5) is 23.9. The summed E-state index contributed by atoms with van der Waals surface area (Å²) in [6.45, 7) is 3.34. The van der Waals surface area contributed by atoms with Crippen LogP contribution in [-0.4, -0.2) is 41.0 Å². The molecular formula is C11H20N2O3. The lowest BCUT2D eigenvalue weighted by atomic mass is 9.90. The summed E-state index contributed by atoms with van der Waals surface area (Å²) in [6.07, 6.45) is 2.79. The van der Waals surface area contributed by atoms with Crippen molar-refractivity contribution >= 4 is 11.9 Å². The van der Waals surface area contributed by atoms with Crippen LogP contribution in [0.25, 0.3) is 0 Å². The standard InChI is InChI=1S/C11H20N2O3/c1-2-10(14)13-5-3-8(4-6-13)7-9(12)11(15)16/h8-9H,2-7,12H2,1H3,(H,15,16). The molecule has 0 bridgehead atoms. The molecule has 16 heavy (non-hydrogen) atoms. The van der Waals surface area contributed by atoms with Crippen molar-refractivity contribution in [2.75, 3.05) is 13.1 Å². The van der Waals surface area contributed by atoms with Crippen LogP contribution in [-0.2, 0) is 9.59 Å². The number of piperidine rings is 1. The normalized spacial score (nSPS) is 19.5. The first kappa shape index (κ1) is 13.0. The lowest BCUT2D eigenvalue weighted by Crippen LogP contribution is -2.40. The van der Waals surface area contributed by atoms with Gasteiger partial charge in [0, 0.05) is 19.5 Å². The summed E-state index contributed by atoms with van der Waals surface area (Å²) < 4.78 is 0. The van der Waals surface area contributed by atoms with E-state index in [1.807, 2.05) is 11.8 Å². The van der Waals surface area contributed by atoms with E-state index in [0.717, 1.165) is 25.9 Å². The third-order valence-corrected chi connectivity index (χ3v) is 3.17. The number of nitrogens with two attached hydrogens (primary N) is 1. The zero-order valence-electron chi connectivity index (χ0n) is 9.69. The number of carboxylic acid groups (broad SMARTS) is 1. The first-order chi connectivity index (χ1) is 7.54. The summed E-state index contributed by atoms with van der Waals surface area (Å²) in [6, 6.07) is -0.765. The first-order valence-corrected chi connectivity index (χ1v) is 5.80. The van der Waals surface area contributed by atoms with Gasteiger partial charge < -0.3 is 15.7 Å². The van der Waals surface area contributed by atoms with Gasteiger partial charge in [-0.05, 0) is 25.2 Å². The number of aliphatic carboxylic acids is 1. The molecule has 5 nitrogen and oxygen atoms in total. The van der Waals surface area contributed by atoms with Gasteiger partial charge >= 0.3 is 5.97 Å². The number of rotatable bonds is 4. The van der Waals surface area contributed by atoms with Crippen molar-refractivity contribution in [3.05, 3.63) is 0 Å². The Morgan fingerprint density at radius 2 is 2.00 bits per heavy atom. The van der Waals surface area contributed by atoms with Gasteiger partial charge in [-0.1, -0.05) is 6.92 Å². The van der Waals surface area contributed by atoms with Crippen molar-refractivity contribution in [1.29, 1.82) is 0 Å². The van der Waals surface area contributed by atoms with Crippen LogP contribution in [0.3, 0.4) is 0 Å². The highest BCUT2D eigenvalue weighted by Gasteiger charge is 2.25. The van der Waals surface area contributed by atoms with Crippen LogP contribution < -0.4 is 5.73 Å². The van der Waals surface area contributed by atoms with Gasteiger partial charge in [0.05, 0.1) is 0 Å². The summed E-state index contributed by atoms with van der Waals surface area (Å²) in [7, 11) is 0. The van der Waals surface area contributed by atoms with E-state index >= 15 is 0 Å². The molecule has 1 amide bonds. The van der Waals surface area contributed by atoms with Crippen LogP contribution in [0.15, 0.2) is 0 Å². The Hall–Kier alpha value is -1.10. The van der Waals surface area contributed by atoms with Crippen LogP contribution in [0.4, 0.5) is 0 Å². The Balaban J connectivity index is 2.32. The van der Waals surface area contributed by atoms with E-state index in [2.05, 4.69) is 0 Å². The van der Waals surface area contributed by atoms with Gasteiger partial charge in [-0.25, -0.2) is 0 Å². The SMILES string of the molecule is CCC(=O)N1CCC(CC(N)C(=O)O)CC1. The minimum Gasteiger partial charge on any atom is -0.480 e. The second kappa shape index (κ2) is 5.84. The minimum atomic E-state index is -0.938. The van der Waals surface area contributed by atoms with E-state index in [4.69, 9.17) is 10.8 Å². The molecule has 0 aliphatic carbocycles. The van der Waals surface area contributed by atoms with Gasteiger partial charge in [-0.15, -0.1) is 0 Å². The summed E-state index contributed by atoms with van der Waals surface area (Å²) in [5, 5.41) is 8.70. The predicted octanol–water partition coefficient (Wildman–Crippen LogP) is 0.437. The number of hydrogen-bond acceptors (Lipinski definition) is 3. The lowest BCUT2D eigenvalue weighted by Gasteiger charge is -2.32. The Morgan fingerprint density at radius 3 is 2.44 bits per heavy atom. The predicted molar refractivity (Wildman–Crippen MR) is 59.8 cm³/mol. The number of nitrogens with zero attached hydrogens (tertiary/aromatic N) is 1. The lowest BCUT2D eigenvalue weighted by molar-refractivity contribution is -0.139. The van der Waals surface area contributed by atoms with Crippen LogP contribution in [0.1, 0.15) is 32.6 Å². The van der Waals surface area contributed by atoms with E-state index in [9.17, 15) is 9.59 Å². The highest BCUT2D eigenvalue weighted by molar-refractivity contribution is 5.75. The number of carbonyl (C=O) groups is 2. The molecule has 1 fully saturated rings. The first-order valence-electron chi connectivity index (χ1n) is 5.80. The van der Waals surface area contributed by atoms with Gasteiger partial charge in [0.15, 0.2) is 0 Å². The Morgan fingerprint density at radius 1 is 1.44 bits per heavy atom. The maximum atomic E-state index is 11.4. The van der Waals surface area contributed by atoms with Gasteiger partial charge in [-0.2, -0.15) is 0 Å². The molecule has 0 aromatic rings. The summed E-state index contributed by atoms with van der Waals surface area (Å²) in [5.41, 5.74) is 5.49. The molecule has 0 saturated carbocycles. The van der Waals surface area contributed by atoms with Crippen molar-refractivity contribution in [2.24, 2.45) is 11.7 Å². The summed E-state index contributed by atoms with van der Waals surface area (Å²) in [5.74, 6) is -0.417. The molecule has 1 atom stereocenters. The van der Waals surface area contributed by atoms with Crippen molar-refractivity contribution in [2.45, 2.75) is 38.6 Å². The molecular weight excluding hydrogens is 208 g/mol. The quantitative estimate of drug-likeness (QED) is 0.731. The second-order valence-electron chi connectivity index (χ2n) is 4.36. The van der Waals surface area contributed by atoms with E-state index < -0.39 is 12.0 Å². The Bertz CT molecular complexity index is 260. The molecule has 0 spiro atoms. The fraction of sp³-hybridized carbons (Fsp3) is 0.818. The molecule has 1 unspecified atom stereocenters. The maximum Gasteiger partial charge on any atom is 0.320 e. The molecule has 1 aliphatic rings. The highest BCUT2D eigenvalue weighted by atomic mass is 16.4. The molecule has 1 saturated heterocycles. The zero-order valence-corrected chi connectivity index (χ0v) is 9.69. The Labute approximate surface area is 95.6 Å². The fourth-order valence-corrected chi connectivity index (χ4v) is 2.10. The second-order valence-corrected chi connectivity index (χ2v) is 4.36. The minimum absolute atomic E-state index is 0.181. The monoisotopic (exact) mass is 228 g/mol. The molecule has 1 aliphatic heterocycles. The third-order valence-electron chi connectivity index (χ3n) is 3.17. The smallest absolute Gasteiger partial charge is 0.320 e. The van der Waals surface area contributed by atoms with Crippen LogP contribution in [0, 0.1) is 5.92 Å². The van der Waals surface area contributed by atoms with E-state index in [0.29, 0.717) is 18.8 Å². The molecule has 5 heteroatoms. The number of likely N-dealkylation sites (tertiary alicyclic amines) is 1. The van der Waals surface area contributed by atoms with Gasteiger partial charge in [0.1, 0.15) is 6.04 Å². The van der Waals surface area contributed by atoms with Gasteiger partial charge in [-0.3, -0.25) is 9.59 Å². The molecule has 1 heterocycles. The number of hydrogen-bond donors (Lipinski definition) is 2. The molecule has 92 valence electrons. The van der Waals surface area contributed by atoms with Crippen LogP contribution in [0.2, 0.25) is 0 Å². The highest BCUT2D eigenvalue weighted by Crippen LogP contribution is 2.21. The van der Waals surface area contributed by atoms with Crippen molar-refractivity contribution in [3.8, 4) is 0 Å². The van der Waals surface area contributed by atoms with E-state index in [1.54, 1.807) is 0 Å². The number of amides is 1. The van der Waals surface area contributed by atoms with Crippen LogP contribution >= 0.6 is 0 Å². The van der Waals surface area contributed by atoms with E-state index in [-0.39, 0.29) is 5.91 Å². The molecule has 0 aromatic heterocycles. The number of carboxylic acids is 1. The average Bonchev–Trinajstić information content (AvgIpc) is 2.28. The van der Waals surface area contributed by atoms with Crippen molar-refractivity contribution < 1.29 is 14.7 Å². The van der Waals surface area contributed by atoms with Crippen LogP contribution in [0.5, 0.6) is 0 Å². The van der Waals surface area contributed by atoms with E-state index in [1.165, 1.54) is 0 Å². The largest absolute Gasteiger partial charge is 0.480 e. The average molecular weight is 228 g/mol. The van der Waals surface area contributed by atoms with Crippen molar-refractivity contribution in [1.82, 2.24) is 4.90 Å². The maximum absolute atomic E-state index is 11.4. The molecule has 3 N–H and O–H groups in total. The van der Waals surface area contributed by atoms with Crippen molar-refractivity contribution in [3.63, 3.8) is 0 Å². The third kappa shape index (κ3) is 3.48. The molecule has 0 aromatic carbocycles. The zero-order chi connectivity index (χ0) is 12.1.